The third-order valence-corrected chi connectivity index (χ3v) is 4.02. The van der Waals surface area contributed by atoms with Crippen molar-refractivity contribution in [3.63, 3.8) is 0 Å². The lowest BCUT2D eigenvalue weighted by Gasteiger charge is -2.11. The van der Waals surface area contributed by atoms with Gasteiger partial charge in [-0.25, -0.2) is 0 Å². The second-order valence-corrected chi connectivity index (χ2v) is 6.74. The zero-order valence-corrected chi connectivity index (χ0v) is 16.4. The largest absolute Gasteiger partial charge is 0.351 e. The first kappa shape index (κ1) is 21.1. The van der Waals surface area contributed by atoms with Crippen LogP contribution in [0.3, 0.4) is 0 Å². The Balaban J connectivity index is 2.07. The number of rotatable bonds is 9. The van der Waals surface area contributed by atoms with Gasteiger partial charge in [-0.15, -0.1) is 0 Å². The van der Waals surface area contributed by atoms with Crippen molar-refractivity contribution in [3.8, 4) is 0 Å². The van der Waals surface area contributed by atoms with Crippen LogP contribution in [0, 0.1) is 0 Å². The molecule has 146 valence electrons. The molecular weight excluding hydrogens is 350 g/mol. The number of amides is 2. The van der Waals surface area contributed by atoms with Crippen LogP contribution in [0.25, 0.3) is 6.08 Å². The predicted octanol–water partition coefficient (Wildman–Crippen LogP) is 1.66. The molecule has 0 radical (unpaired) electrons. The van der Waals surface area contributed by atoms with Crippen LogP contribution < -0.4 is 15.5 Å². The number of hydrogen-bond donors (Lipinski definition) is 3. The molecule has 2 aromatic carbocycles. The van der Waals surface area contributed by atoms with Gasteiger partial charge in [0.25, 0.3) is 11.8 Å². The molecule has 0 aromatic heterocycles. The molecule has 0 aliphatic rings. The highest BCUT2D eigenvalue weighted by Crippen LogP contribution is 2.04. The van der Waals surface area contributed by atoms with E-state index in [2.05, 4.69) is 24.7 Å². The average Bonchev–Trinajstić information content (AvgIpc) is 2.71. The number of carbonyl (C=O) groups is 2. The molecule has 0 saturated heterocycles. The Morgan fingerprint density at radius 3 is 2.25 bits per heavy atom. The van der Waals surface area contributed by atoms with E-state index in [-0.39, 0.29) is 17.5 Å². The van der Waals surface area contributed by atoms with Crippen molar-refractivity contribution in [2.24, 2.45) is 0 Å². The van der Waals surface area contributed by atoms with E-state index in [9.17, 15) is 9.59 Å². The monoisotopic (exact) mass is 378 g/mol. The Morgan fingerprint density at radius 2 is 1.61 bits per heavy atom. The molecule has 0 fully saturated rings. The van der Waals surface area contributed by atoms with Gasteiger partial charge in [-0.3, -0.25) is 9.59 Å². The maximum atomic E-state index is 12.6. The van der Waals surface area contributed by atoms with Gasteiger partial charge in [-0.05, 0) is 23.8 Å². The summed E-state index contributed by atoms with van der Waals surface area (Å²) in [5, 5.41) is 5.60. The quantitative estimate of drug-likeness (QED) is 0.353. The molecule has 3 N–H and O–H groups in total. The molecular formula is C23H28N3O2+. The molecule has 0 spiro atoms. The number of benzene rings is 2. The van der Waals surface area contributed by atoms with Crippen LogP contribution in [0.1, 0.15) is 22.3 Å². The third-order valence-electron chi connectivity index (χ3n) is 4.02. The van der Waals surface area contributed by atoms with E-state index in [1.54, 1.807) is 36.4 Å². The van der Waals surface area contributed by atoms with Crippen molar-refractivity contribution in [1.29, 1.82) is 0 Å². The van der Waals surface area contributed by atoms with Gasteiger partial charge >= 0.3 is 0 Å². The van der Waals surface area contributed by atoms with Gasteiger partial charge in [-0.1, -0.05) is 60.7 Å². The topological polar surface area (TPSA) is 62.6 Å². The summed E-state index contributed by atoms with van der Waals surface area (Å²) in [5.74, 6) is -0.608. The van der Waals surface area contributed by atoms with E-state index in [0.29, 0.717) is 12.1 Å². The summed E-state index contributed by atoms with van der Waals surface area (Å²) in [5.41, 5.74) is 1.74. The smallest absolute Gasteiger partial charge is 0.267 e. The lowest BCUT2D eigenvalue weighted by Crippen LogP contribution is -3.05. The molecule has 0 bridgehead atoms. The Kier molecular flexibility index (Phi) is 8.69. The molecule has 0 unspecified atom stereocenters. The highest BCUT2D eigenvalue weighted by molar-refractivity contribution is 6.03. The molecule has 2 aromatic rings. The van der Waals surface area contributed by atoms with Crippen LogP contribution in [0.15, 0.2) is 78.5 Å². The van der Waals surface area contributed by atoms with Gasteiger partial charge in [-0.2, -0.15) is 0 Å². The number of hydrogen-bond acceptors (Lipinski definition) is 2. The zero-order chi connectivity index (χ0) is 20.2. The standard InChI is InChI=1S/C23H27N3O2/c1-26(2)18-10-17-24-23(28)21(16-9-13-19-11-5-3-6-12-19)25-22(27)20-14-7-4-8-15-20/h3-9,11-16H,10,17-18H2,1-2H3,(H,24,28)(H,25,27)/p+1/b13-9+,21-16-. The van der Waals surface area contributed by atoms with Crippen LogP contribution in [0.2, 0.25) is 0 Å². The van der Waals surface area contributed by atoms with E-state index in [1.807, 2.05) is 42.5 Å². The second kappa shape index (κ2) is 11.5. The Morgan fingerprint density at radius 1 is 0.964 bits per heavy atom. The lowest BCUT2D eigenvalue weighted by atomic mass is 10.2. The first-order chi connectivity index (χ1) is 13.6. The van der Waals surface area contributed by atoms with E-state index in [0.717, 1.165) is 18.5 Å². The summed E-state index contributed by atoms with van der Waals surface area (Å²) in [6.45, 7) is 1.52. The summed E-state index contributed by atoms with van der Waals surface area (Å²) in [6, 6.07) is 18.6. The van der Waals surface area contributed by atoms with Crippen molar-refractivity contribution in [2.45, 2.75) is 6.42 Å². The van der Waals surface area contributed by atoms with Crippen LogP contribution in [0.4, 0.5) is 0 Å². The average molecular weight is 378 g/mol. The van der Waals surface area contributed by atoms with Crippen LogP contribution >= 0.6 is 0 Å². The summed E-state index contributed by atoms with van der Waals surface area (Å²) in [7, 11) is 4.14. The van der Waals surface area contributed by atoms with Crippen molar-refractivity contribution < 1.29 is 14.5 Å². The molecule has 0 heterocycles. The maximum absolute atomic E-state index is 12.6. The van der Waals surface area contributed by atoms with Crippen molar-refractivity contribution >= 4 is 17.9 Å². The third kappa shape index (κ3) is 7.60. The van der Waals surface area contributed by atoms with E-state index in [1.165, 1.54) is 4.90 Å². The molecule has 5 heteroatoms. The molecule has 5 nitrogen and oxygen atoms in total. The minimum absolute atomic E-state index is 0.221. The summed E-state index contributed by atoms with van der Waals surface area (Å²) in [4.78, 5) is 26.3. The fourth-order valence-electron chi connectivity index (χ4n) is 2.52. The fourth-order valence-corrected chi connectivity index (χ4v) is 2.52. The molecule has 2 rings (SSSR count). The molecule has 28 heavy (non-hydrogen) atoms. The molecule has 0 atom stereocenters. The number of quaternary nitrogens is 1. The van der Waals surface area contributed by atoms with E-state index >= 15 is 0 Å². The Hall–Kier alpha value is -3.18. The molecule has 0 aliphatic carbocycles. The van der Waals surface area contributed by atoms with Crippen molar-refractivity contribution in [1.82, 2.24) is 10.6 Å². The van der Waals surface area contributed by atoms with Gasteiger partial charge in [0.2, 0.25) is 0 Å². The second-order valence-electron chi connectivity index (χ2n) is 6.74. The molecule has 0 aliphatic heterocycles. The van der Waals surface area contributed by atoms with Crippen LogP contribution in [-0.4, -0.2) is 39.0 Å². The van der Waals surface area contributed by atoms with Gasteiger partial charge in [0.1, 0.15) is 5.70 Å². The minimum atomic E-state index is -0.312. The molecule has 0 saturated carbocycles. The highest BCUT2D eigenvalue weighted by Gasteiger charge is 2.13. The van der Waals surface area contributed by atoms with Gasteiger partial charge in [0.05, 0.1) is 20.6 Å². The number of allylic oxidation sites excluding steroid dienone is 2. The van der Waals surface area contributed by atoms with Crippen molar-refractivity contribution in [3.05, 3.63) is 89.6 Å². The summed E-state index contributed by atoms with van der Waals surface area (Å²) >= 11 is 0. The molecule has 2 amide bonds. The summed E-state index contributed by atoms with van der Waals surface area (Å²) < 4.78 is 0. The van der Waals surface area contributed by atoms with Crippen LogP contribution in [-0.2, 0) is 4.79 Å². The lowest BCUT2D eigenvalue weighted by molar-refractivity contribution is -0.858. The van der Waals surface area contributed by atoms with Gasteiger partial charge < -0.3 is 15.5 Å². The maximum Gasteiger partial charge on any atom is 0.267 e. The van der Waals surface area contributed by atoms with Gasteiger partial charge in [0, 0.05) is 18.5 Å². The first-order valence-electron chi connectivity index (χ1n) is 9.43. The predicted molar refractivity (Wildman–Crippen MR) is 113 cm³/mol. The minimum Gasteiger partial charge on any atom is -0.351 e. The number of nitrogens with one attached hydrogen (secondary N) is 3. The van der Waals surface area contributed by atoms with Crippen molar-refractivity contribution in [2.75, 3.05) is 27.2 Å². The fraction of sp³-hybridized carbons (Fsp3) is 0.217. The number of carbonyl (C=O) groups excluding carboxylic acids is 2. The Bertz CT molecular complexity index is 812. The zero-order valence-electron chi connectivity index (χ0n) is 16.4. The Labute approximate surface area is 166 Å². The normalized spacial score (nSPS) is 11.6. The van der Waals surface area contributed by atoms with Crippen LogP contribution in [0.5, 0.6) is 0 Å². The highest BCUT2D eigenvalue weighted by atomic mass is 16.2. The SMILES string of the molecule is C[NH+](C)CCCNC(=O)/C(=C/C=C/c1ccccc1)NC(=O)c1ccccc1. The summed E-state index contributed by atoms with van der Waals surface area (Å²) in [6.07, 6.45) is 6.14. The van der Waals surface area contributed by atoms with E-state index in [4.69, 9.17) is 0 Å². The first-order valence-corrected chi connectivity index (χ1v) is 9.43. The van der Waals surface area contributed by atoms with Gasteiger partial charge in [0.15, 0.2) is 0 Å². The van der Waals surface area contributed by atoms with E-state index < -0.39 is 0 Å².